The number of nitrogens with zero attached hydrogens (tertiary/aromatic N) is 1. The van der Waals surface area contributed by atoms with Gasteiger partial charge in [0.25, 0.3) is 5.91 Å². The molecular weight excluding hydrogens is 351 g/mol. The Morgan fingerprint density at radius 2 is 2.09 bits per heavy atom. The zero-order chi connectivity index (χ0) is 16.1. The lowest BCUT2D eigenvalue weighted by atomic mass is 10.0. The molecule has 1 fully saturated rings. The number of halogens is 2. The molecule has 22 heavy (non-hydrogen) atoms. The van der Waals surface area contributed by atoms with E-state index in [4.69, 9.17) is 4.74 Å². The van der Waals surface area contributed by atoms with Gasteiger partial charge in [0.05, 0.1) is 18.8 Å². The number of amides is 1. The molecule has 1 amide bonds. The Balaban J connectivity index is 1.97. The van der Waals surface area contributed by atoms with Crippen LogP contribution in [0.3, 0.4) is 0 Å². The number of carbonyl (C=O) groups is 1. The third kappa shape index (κ3) is 4.51. The normalized spacial score (nSPS) is 17.5. The molecule has 1 aliphatic rings. The molecule has 0 aromatic heterocycles. The van der Waals surface area contributed by atoms with E-state index in [2.05, 4.69) is 40.0 Å². The number of rotatable bonds is 5. The maximum atomic E-state index is 13.1. The molecule has 0 bridgehead atoms. The predicted molar refractivity (Wildman–Crippen MR) is 87.5 cm³/mol. The lowest BCUT2D eigenvalue weighted by Crippen LogP contribution is -2.51. The lowest BCUT2D eigenvalue weighted by molar-refractivity contribution is 0.00672. The van der Waals surface area contributed by atoms with E-state index in [1.807, 2.05) is 0 Å². The van der Waals surface area contributed by atoms with Gasteiger partial charge in [0.2, 0.25) is 0 Å². The largest absolute Gasteiger partial charge is 0.379 e. The van der Waals surface area contributed by atoms with Gasteiger partial charge in [0, 0.05) is 30.1 Å². The van der Waals surface area contributed by atoms with E-state index in [9.17, 15) is 9.18 Å². The molecule has 1 atom stereocenters. The highest BCUT2D eigenvalue weighted by molar-refractivity contribution is 9.10. The molecule has 1 N–H and O–H groups in total. The van der Waals surface area contributed by atoms with Gasteiger partial charge in [-0.25, -0.2) is 4.39 Å². The Kier molecular flexibility index (Phi) is 6.35. The predicted octanol–water partition coefficient (Wildman–Crippen LogP) is 2.67. The molecule has 0 saturated carbocycles. The second kappa shape index (κ2) is 8.04. The lowest BCUT2D eigenvalue weighted by Gasteiger charge is -2.36. The summed E-state index contributed by atoms with van der Waals surface area (Å²) in [6.07, 6.45) is 0. The number of carbonyl (C=O) groups excluding carboxylic acids is 1. The number of ether oxygens (including phenoxy) is 1. The van der Waals surface area contributed by atoms with Gasteiger partial charge in [0.15, 0.2) is 0 Å². The van der Waals surface area contributed by atoms with Gasteiger partial charge in [-0.05, 0) is 40.0 Å². The zero-order valence-corrected chi connectivity index (χ0v) is 14.5. The molecule has 2 rings (SSSR count). The van der Waals surface area contributed by atoms with E-state index < -0.39 is 0 Å². The van der Waals surface area contributed by atoms with Crippen molar-refractivity contribution in [3.05, 3.63) is 34.1 Å². The molecule has 0 aliphatic carbocycles. The Morgan fingerprint density at radius 3 is 2.68 bits per heavy atom. The molecule has 0 spiro atoms. The highest BCUT2D eigenvalue weighted by Gasteiger charge is 2.24. The Morgan fingerprint density at radius 1 is 1.41 bits per heavy atom. The van der Waals surface area contributed by atoms with Gasteiger partial charge >= 0.3 is 0 Å². The summed E-state index contributed by atoms with van der Waals surface area (Å²) < 4.78 is 18.9. The SMILES string of the molecule is CC(C)C(CNC(=O)c1ccc(F)cc1Br)N1CCOCC1. The number of morpholine rings is 1. The van der Waals surface area contributed by atoms with E-state index in [1.54, 1.807) is 0 Å². The van der Waals surface area contributed by atoms with E-state index in [0.717, 1.165) is 26.3 Å². The molecule has 1 aromatic rings. The smallest absolute Gasteiger partial charge is 0.252 e. The van der Waals surface area contributed by atoms with Crippen molar-refractivity contribution in [1.29, 1.82) is 0 Å². The van der Waals surface area contributed by atoms with Crippen LogP contribution in [0.15, 0.2) is 22.7 Å². The van der Waals surface area contributed by atoms with Crippen LogP contribution >= 0.6 is 15.9 Å². The monoisotopic (exact) mass is 372 g/mol. The van der Waals surface area contributed by atoms with Crippen LogP contribution in [0.4, 0.5) is 4.39 Å². The van der Waals surface area contributed by atoms with Crippen molar-refractivity contribution in [2.45, 2.75) is 19.9 Å². The fourth-order valence-electron chi connectivity index (χ4n) is 2.66. The quantitative estimate of drug-likeness (QED) is 0.863. The summed E-state index contributed by atoms with van der Waals surface area (Å²) in [5.74, 6) is -0.127. The minimum atomic E-state index is -0.364. The van der Waals surface area contributed by atoms with Crippen LogP contribution in [0.2, 0.25) is 0 Å². The minimum absolute atomic E-state index is 0.189. The Bertz CT molecular complexity index is 519. The van der Waals surface area contributed by atoms with Crippen molar-refractivity contribution in [3.8, 4) is 0 Å². The van der Waals surface area contributed by atoms with Gasteiger partial charge in [-0.1, -0.05) is 13.8 Å². The first kappa shape index (κ1) is 17.4. The molecule has 1 unspecified atom stereocenters. The fourth-order valence-corrected chi connectivity index (χ4v) is 3.19. The van der Waals surface area contributed by atoms with Crippen molar-refractivity contribution in [2.24, 2.45) is 5.92 Å². The van der Waals surface area contributed by atoms with Crippen molar-refractivity contribution >= 4 is 21.8 Å². The fraction of sp³-hybridized carbons (Fsp3) is 0.562. The maximum Gasteiger partial charge on any atom is 0.252 e. The zero-order valence-electron chi connectivity index (χ0n) is 12.9. The first-order chi connectivity index (χ1) is 10.5. The van der Waals surface area contributed by atoms with Crippen LogP contribution in [0.1, 0.15) is 24.2 Å². The van der Waals surface area contributed by atoms with Crippen LogP contribution < -0.4 is 5.32 Å². The van der Waals surface area contributed by atoms with Crippen molar-refractivity contribution in [3.63, 3.8) is 0 Å². The highest BCUT2D eigenvalue weighted by atomic mass is 79.9. The first-order valence-corrected chi connectivity index (χ1v) is 8.33. The van der Waals surface area contributed by atoms with E-state index in [0.29, 0.717) is 22.5 Å². The van der Waals surface area contributed by atoms with Crippen LogP contribution in [0.5, 0.6) is 0 Å². The molecule has 122 valence electrons. The second-order valence-corrected chi connectivity index (χ2v) is 6.65. The average Bonchev–Trinajstić information content (AvgIpc) is 2.48. The second-order valence-electron chi connectivity index (χ2n) is 5.79. The first-order valence-electron chi connectivity index (χ1n) is 7.54. The third-order valence-corrected chi connectivity index (χ3v) is 4.59. The average molecular weight is 373 g/mol. The minimum Gasteiger partial charge on any atom is -0.379 e. The van der Waals surface area contributed by atoms with Crippen LogP contribution in [-0.4, -0.2) is 49.7 Å². The van der Waals surface area contributed by atoms with Gasteiger partial charge in [-0.15, -0.1) is 0 Å². The molecule has 1 heterocycles. The summed E-state index contributed by atoms with van der Waals surface area (Å²) in [4.78, 5) is 14.6. The number of nitrogens with one attached hydrogen (secondary N) is 1. The molecule has 1 saturated heterocycles. The summed E-state index contributed by atoms with van der Waals surface area (Å²) in [7, 11) is 0. The van der Waals surface area contributed by atoms with Gasteiger partial charge in [0.1, 0.15) is 5.82 Å². The molecular formula is C16H22BrFN2O2. The topological polar surface area (TPSA) is 41.6 Å². The Hall–Kier alpha value is -0.980. The van der Waals surface area contributed by atoms with Crippen molar-refractivity contribution in [1.82, 2.24) is 10.2 Å². The number of hydrogen-bond acceptors (Lipinski definition) is 3. The molecule has 0 radical (unpaired) electrons. The van der Waals surface area contributed by atoms with E-state index in [-0.39, 0.29) is 17.8 Å². The standard InChI is InChI=1S/C16H22BrFN2O2/c1-11(2)15(20-5-7-22-8-6-20)10-19-16(21)13-4-3-12(18)9-14(13)17/h3-4,9,11,15H,5-8,10H2,1-2H3,(H,19,21). The summed E-state index contributed by atoms with van der Waals surface area (Å²) >= 11 is 3.23. The van der Waals surface area contributed by atoms with Gasteiger partial charge in [-0.3, -0.25) is 9.69 Å². The van der Waals surface area contributed by atoms with Crippen LogP contribution in [0.25, 0.3) is 0 Å². The Labute approximate surface area is 139 Å². The van der Waals surface area contributed by atoms with Crippen LogP contribution in [-0.2, 0) is 4.74 Å². The summed E-state index contributed by atoms with van der Waals surface area (Å²) in [6, 6.07) is 4.36. The number of benzene rings is 1. The summed E-state index contributed by atoms with van der Waals surface area (Å²) in [5.41, 5.74) is 0.450. The van der Waals surface area contributed by atoms with E-state index >= 15 is 0 Å². The highest BCUT2D eigenvalue weighted by Crippen LogP contribution is 2.18. The summed E-state index contributed by atoms with van der Waals surface area (Å²) in [6.45, 7) is 8.12. The molecule has 4 nitrogen and oxygen atoms in total. The molecule has 1 aliphatic heterocycles. The van der Waals surface area contributed by atoms with Crippen LogP contribution in [0, 0.1) is 11.7 Å². The van der Waals surface area contributed by atoms with Gasteiger partial charge in [-0.2, -0.15) is 0 Å². The third-order valence-electron chi connectivity index (χ3n) is 3.93. The van der Waals surface area contributed by atoms with Crippen molar-refractivity contribution in [2.75, 3.05) is 32.8 Å². The van der Waals surface area contributed by atoms with E-state index in [1.165, 1.54) is 18.2 Å². The number of hydrogen-bond donors (Lipinski definition) is 1. The van der Waals surface area contributed by atoms with Gasteiger partial charge < -0.3 is 10.1 Å². The maximum absolute atomic E-state index is 13.1. The summed E-state index contributed by atoms with van der Waals surface area (Å²) in [5, 5.41) is 2.96. The molecule has 1 aromatic carbocycles. The molecule has 6 heteroatoms. The van der Waals surface area contributed by atoms with Crippen molar-refractivity contribution < 1.29 is 13.9 Å².